The zero-order valence-electron chi connectivity index (χ0n) is 11.9. The van der Waals surface area contributed by atoms with Crippen molar-refractivity contribution in [3.63, 3.8) is 0 Å². The summed E-state index contributed by atoms with van der Waals surface area (Å²) in [6.07, 6.45) is 0. The Morgan fingerprint density at radius 3 is 2.47 bits per heavy atom. The van der Waals surface area contributed by atoms with Crippen LogP contribution in [0.4, 0.5) is 4.39 Å². The fraction of sp³-hybridized carbons (Fsp3) is 0.375. The summed E-state index contributed by atoms with van der Waals surface area (Å²) >= 11 is 1.57. The Kier molecular flexibility index (Phi) is 4.38. The Balaban J connectivity index is 2.44. The molecule has 0 saturated heterocycles. The highest BCUT2D eigenvalue weighted by molar-refractivity contribution is 7.15. The number of thiophene rings is 1. The van der Waals surface area contributed by atoms with Gasteiger partial charge in [-0.25, -0.2) is 4.39 Å². The van der Waals surface area contributed by atoms with Crippen LogP contribution in [0.25, 0.3) is 10.4 Å². The van der Waals surface area contributed by atoms with Gasteiger partial charge in [-0.15, -0.1) is 11.3 Å². The van der Waals surface area contributed by atoms with Crippen LogP contribution in [0.2, 0.25) is 0 Å². The van der Waals surface area contributed by atoms with E-state index in [0.29, 0.717) is 0 Å². The fourth-order valence-electron chi connectivity index (χ4n) is 2.15. The highest BCUT2D eigenvalue weighted by atomic mass is 32.1. The number of halogens is 1. The third-order valence-electron chi connectivity index (χ3n) is 3.01. The van der Waals surface area contributed by atoms with Gasteiger partial charge in [-0.05, 0) is 37.2 Å². The molecule has 0 radical (unpaired) electrons. The van der Waals surface area contributed by atoms with Gasteiger partial charge in [0.15, 0.2) is 0 Å². The first-order chi connectivity index (χ1) is 8.99. The van der Waals surface area contributed by atoms with Crippen LogP contribution in [0, 0.1) is 5.82 Å². The minimum Gasteiger partial charge on any atom is -0.305 e. The molecule has 1 nitrogen and oxygen atoms in total. The van der Waals surface area contributed by atoms with Gasteiger partial charge >= 0.3 is 0 Å². The van der Waals surface area contributed by atoms with E-state index in [9.17, 15) is 4.39 Å². The molecule has 102 valence electrons. The van der Waals surface area contributed by atoms with Gasteiger partial charge in [0.05, 0.1) is 0 Å². The second-order valence-electron chi connectivity index (χ2n) is 5.37. The van der Waals surface area contributed by atoms with Crippen molar-refractivity contribution < 1.29 is 4.39 Å². The van der Waals surface area contributed by atoms with E-state index in [0.717, 1.165) is 21.9 Å². The summed E-state index contributed by atoms with van der Waals surface area (Å²) in [4.78, 5) is 4.00. The van der Waals surface area contributed by atoms with Crippen LogP contribution in [0.1, 0.15) is 30.2 Å². The maximum atomic E-state index is 13.9. The van der Waals surface area contributed by atoms with Gasteiger partial charge in [0.25, 0.3) is 0 Å². The molecule has 0 atom stereocenters. The molecule has 0 amide bonds. The average molecular weight is 277 g/mol. The largest absolute Gasteiger partial charge is 0.305 e. The molecule has 1 aromatic carbocycles. The Morgan fingerprint density at radius 2 is 1.89 bits per heavy atom. The third kappa shape index (κ3) is 3.23. The molecule has 2 aromatic rings. The van der Waals surface area contributed by atoms with Gasteiger partial charge in [-0.2, -0.15) is 0 Å². The Morgan fingerprint density at radius 1 is 1.21 bits per heavy atom. The van der Waals surface area contributed by atoms with Crippen LogP contribution in [0.15, 0.2) is 30.3 Å². The topological polar surface area (TPSA) is 3.24 Å². The summed E-state index contributed by atoms with van der Waals surface area (Å²) in [6.45, 7) is 4.93. The molecule has 0 unspecified atom stereocenters. The number of benzene rings is 1. The number of hydrogen-bond acceptors (Lipinski definition) is 2. The van der Waals surface area contributed by atoms with Crippen molar-refractivity contribution in [3.05, 3.63) is 46.6 Å². The van der Waals surface area contributed by atoms with Gasteiger partial charge in [0.1, 0.15) is 5.82 Å². The van der Waals surface area contributed by atoms with Crippen LogP contribution in [0.3, 0.4) is 0 Å². The molecule has 0 bridgehead atoms. The smallest absolute Gasteiger partial charge is 0.137 e. The Bertz CT molecular complexity index is 558. The quantitative estimate of drug-likeness (QED) is 0.780. The van der Waals surface area contributed by atoms with Crippen LogP contribution in [0.5, 0.6) is 0 Å². The predicted molar refractivity (Wildman–Crippen MR) is 81.2 cm³/mol. The molecule has 0 saturated carbocycles. The second kappa shape index (κ2) is 5.85. The summed E-state index contributed by atoms with van der Waals surface area (Å²) in [5.41, 5.74) is 2.39. The lowest BCUT2D eigenvalue weighted by atomic mass is 10.1. The second-order valence-corrected chi connectivity index (χ2v) is 6.46. The lowest BCUT2D eigenvalue weighted by Crippen LogP contribution is -2.11. The molecule has 3 heteroatoms. The number of nitrogens with zero attached hydrogens (tertiary/aromatic N) is 1. The van der Waals surface area contributed by atoms with Gasteiger partial charge in [0, 0.05) is 16.3 Å². The van der Waals surface area contributed by atoms with Crippen LogP contribution < -0.4 is 0 Å². The van der Waals surface area contributed by atoms with Crippen molar-refractivity contribution >= 4 is 11.3 Å². The Hall–Kier alpha value is -1.19. The highest BCUT2D eigenvalue weighted by Gasteiger charge is 2.15. The fourth-order valence-corrected chi connectivity index (χ4v) is 3.25. The zero-order chi connectivity index (χ0) is 14.0. The molecule has 19 heavy (non-hydrogen) atoms. The van der Waals surface area contributed by atoms with Crippen LogP contribution in [-0.4, -0.2) is 19.0 Å². The molecule has 0 N–H and O–H groups in total. The van der Waals surface area contributed by atoms with E-state index >= 15 is 0 Å². The van der Waals surface area contributed by atoms with E-state index in [1.54, 1.807) is 17.4 Å². The molecule has 0 aliphatic carbocycles. The summed E-state index contributed by atoms with van der Waals surface area (Å²) in [7, 11) is 4.09. The molecule has 0 fully saturated rings. The van der Waals surface area contributed by atoms with Crippen molar-refractivity contribution in [2.75, 3.05) is 14.1 Å². The van der Waals surface area contributed by atoms with Gasteiger partial charge in [-0.1, -0.05) is 38.1 Å². The van der Waals surface area contributed by atoms with Crippen molar-refractivity contribution in [1.29, 1.82) is 0 Å². The predicted octanol–water partition coefficient (Wildman–Crippen LogP) is 4.74. The molecule has 0 aliphatic heterocycles. The lowest BCUT2D eigenvalue weighted by Gasteiger charge is -2.13. The van der Waals surface area contributed by atoms with E-state index < -0.39 is 0 Å². The van der Waals surface area contributed by atoms with Crippen molar-refractivity contribution in [1.82, 2.24) is 4.90 Å². The lowest BCUT2D eigenvalue weighted by molar-refractivity contribution is 0.403. The minimum atomic E-state index is -0.0744. The molecular formula is C16H20FNS. The first-order valence-electron chi connectivity index (χ1n) is 6.51. The summed E-state index contributed by atoms with van der Waals surface area (Å²) < 4.78 is 13.9. The molecule has 0 spiro atoms. The first kappa shape index (κ1) is 14.2. The highest BCUT2D eigenvalue weighted by Crippen LogP contribution is 2.36. The standard InChI is InChI=1S/C16H20FNS/c1-11(2)16-14(17)9-15(19-16)13-8-6-5-7-12(13)10-18(3)4/h5-9,11H,10H2,1-4H3. The van der Waals surface area contributed by atoms with E-state index in [4.69, 9.17) is 0 Å². The van der Waals surface area contributed by atoms with E-state index in [-0.39, 0.29) is 11.7 Å². The third-order valence-corrected chi connectivity index (χ3v) is 4.45. The van der Waals surface area contributed by atoms with E-state index in [2.05, 4.69) is 17.0 Å². The van der Waals surface area contributed by atoms with Crippen molar-refractivity contribution in [3.8, 4) is 10.4 Å². The number of hydrogen-bond donors (Lipinski definition) is 0. The van der Waals surface area contributed by atoms with E-state index in [1.165, 1.54) is 5.56 Å². The maximum absolute atomic E-state index is 13.9. The molecule has 0 aliphatic rings. The Labute approximate surface area is 118 Å². The first-order valence-corrected chi connectivity index (χ1v) is 7.33. The normalized spacial score (nSPS) is 11.5. The van der Waals surface area contributed by atoms with E-state index in [1.807, 2.05) is 40.1 Å². The zero-order valence-corrected chi connectivity index (χ0v) is 12.7. The average Bonchev–Trinajstić information content (AvgIpc) is 2.71. The monoisotopic (exact) mass is 277 g/mol. The maximum Gasteiger partial charge on any atom is 0.137 e. The minimum absolute atomic E-state index is 0.0744. The summed E-state index contributed by atoms with van der Waals surface area (Å²) in [6, 6.07) is 9.92. The van der Waals surface area contributed by atoms with Gasteiger partial charge in [-0.3, -0.25) is 0 Å². The van der Waals surface area contributed by atoms with Crippen LogP contribution in [-0.2, 0) is 6.54 Å². The summed E-state index contributed by atoms with van der Waals surface area (Å²) in [5.74, 6) is 0.161. The SMILES string of the molecule is CC(C)c1sc(-c2ccccc2CN(C)C)cc1F. The van der Waals surface area contributed by atoms with Crippen molar-refractivity contribution in [2.24, 2.45) is 0 Å². The van der Waals surface area contributed by atoms with Crippen molar-refractivity contribution in [2.45, 2.75) is 26.3 Å². The molecule has 2 rings (SSSR count). The van der Waals surface area contributed by atoms with Gasteiger partial charge < -0.3 is 4.90 Å². The summed E-state index contributed by atoms with van der Waals surface area (Å²) in [5, 5.41) is 0. The molecule has 1 heterocycles. The number of rotatable bonds is 4. The molecular weight excluding hydrogens is 257 g/mol. The van der Waals surface area contributed by atoms with Crippen LogP contribution >= 0.6 is 11.3 Å². The van der Waals surface area contributed by atoms with Gasteiger partial charge in [0.2, 0.25) is 0 Å². The molecule has 1 aromatic heterocycles.